The zero-order chi connectivity index (χ0) is 11.8. The molecule has 0 bridgehead atoms. The predicted molar refractivity (Wildman–Crippen MR) is 62.2 cm³/mol. The fourth-order valence-corrected chi connectivity index (χ4v) is 1.74. The number of rotatable bonds is 7. The van der Waals surface area contributed by atoms with Crippen molar-refractivity contribution in [1.29, 1.82) is 0 Å². The first-order chi connectivity index (χ1) is 7.74. The Bertz CT molecular complexity index is 308. The van der Waals surface area contributed by atoms with E-state index in [0.29, 0.717) is 12.8 Å². The molecule has 0 radical (unpaired) electrons. The van der Waals surface area contributed by atoms with Crippen molar-refractivity contribution in [2.24, 2.45) is 5.92 Å². The molecule has 1 atom stereocenters. The number of hydrogen-bond acceptors (Lipinski definition) is 2. The van der Waals surface area contributed by atoms with E-state index in [0.717, 1.165) is 12.8 Å². The lowest BCUT2D eigenvalue weighted by Gasteiger charge is -2.10. The van der Waals surface area contributed by atoms with Crippen molar-refractivity contribution >= 4 is 5.97 Å². The van der Waals surface area contributed by atoms with Crippen molar-refractivity contribution in [3.8, 4) is 0 Å². The van der Waals surface area contributed by atoms with Crippen LogP contribution in [0.4, 0.5) is 0 Å². The Labute approximate surface area is 95.7 Å². The topological polar surface area (TPSA) is 57.5 Å². The first-order valence-corrected chi connectivity index (χ1v) is 5.61. The number of aliphatic hydroxyl groups is 1. The molecule has 88 valence electrons. The second kappa shape index (κ2) is 7.01. The van der Waals surface area contributed by atoms with Crippen molar-refractivity contribution in [3.63, 3.8) is 0 Å². The van der Waals surface area contributed by atoms with Gasteiger partial charge in [-0.05, 0) is 31.2 Å². The van der Waals surface area contributed by atoms with Gasteiger partial charge in [-0.25, -0.2) is 0 Å². The van der Waals surface area contributed by atoms with Crippen LogP contribution in [0.2, 0.25) is 0 Å². The second-order valence-electron chi connectivity index (χ2n) is 3.93. The summed E-state index contributed by atoms with van der Waals surface area (Å²) in [4.78, 5) is 10.8. The molecule has 0 saturated carbocycles. The molecule has 0 saturated heterocycles. The van der Waals surface area contributed by atoms with Crippen molar-refractivity contribution in [1.82, 2.24) is 0 Å². The predicted octanol–water partition coefficient (Wildman–Crippen LogP) is 2.09. The third kappa shape index (κ3) is 4.45. The zero-order valence-corrected chi connectivity index (χ0v) is 9.30. The molecule has 0 aliphatic carbocycles. The summed E-state index contributed by atoms with van der Waals surface area (Å²) < 4.78 is 0. The number of aliphatic hydroxyl groups excluding tert-OH is 1. The number of aliphatic carboxylic acids is 1. The van der Waals surface area contributed by atoms with E-state index in [9.17, 15) is 4.79 Å². The van der Waals surface area contributed by atoms with E-state index in [1.54, 1.807) is 0 Å². The van der Waals surface area contributed by atoms with E-state index in [4.69, 9.17) is 10.2 Å². The van der Waals surface area contributed by atoms with E-state index in [1.807, 2.05) is 30.3 Å². The first kappa shape index (κ1) is 12.7. The van der Waals surface area contributed by atoms with Gasteiger partial charge in [-0.15, -0.1) is 0 Å². The molecule has 2 N–H and O–H groups in total. The van der Waals surface area contributed by atoms with Crippen LogP contribution in [0.5, 0.6) is 0 Å². The van der Waals surface area contributed by atoms with E-state index in [-0.39, 0.29) is 6.61 Å². The highest BCUT2D eigenvalue weighted by Crippen LogP contribution is 2.14. The number of hydrogen-bond donors (Lipinski definition) is 2. The Hall–Kier alpha value is -1.35. The quantitative estimate of drug-likeness (QED) is 0.742. The van der Waals surface area contributed by atoms with E-state index in [1.165, 1.54) is 5.56 Å². The van der Waals surface area contributed by atoms with Crippen molar-refractivity contribution in [2.45, 2.75) is 25.7 Å². The summed E-state index contributed by atoms with van der Waals surface area (Å²) >= 11 is 0. The van der Waals surface area contributed by atoms with Crippen LogP contribution in [0.15, 0.2) is 30.3 Å². The average Bonchev–Trinajstić information content (AvgIpc) is 2.29. The van der Waals surface area contributed by atoms with Crippen LogP contribution in [-0.2, 0) is 11.2 Å². The summed E-state index contributed by atoms with van der Waals surface area (Å²) in [5, 5.41) is 17.6. The summed E-state index contributed by atoms with van der Waals surface area (Å²) in [7, 11) is 0. The highest BCUT2D eigenvalue weighted by Gasteiger charge is 2.15. The molecule has 3 nitrogen and oxygen atoms in total. The van der Waals surface area contributed by atoms with Gasteiger partial charge in [-0.2, -0.15) is 0 Å². The third-order valence-corrected chi connectivity index (χ3v) is 2.69. The normalized spacial score (nSPS) is 12.3. The fraction of sp³-hybridized carbons (Fsp3) is 0.462. The van der Waals surface area contributed by atoms with Gasteiger partial charge >= 0.3 is 5.97 Å². The largest absolute Gasteiger partial charge is 0.481 e. The molecular weight excluding hydrogens is 204 g/mol. The Morgan fingerprint density at radius 3 is 2.44 bits per heavy atom. The molecule has 0 spiro atoms. The highest BCUT2D eigenvalue weighted by atomic mass is 16.4. The fourth-order valence-electron chi connectivity index (χ4n) is 1.74. The number of carboxylic acid groups (broad SMARTS) is 1. The van der Waals surface area contributed by atoms with Gasteiger partial charge in [0, 0.05) is 6.61 Å². The second-order valence-corrected chi connectivity index (χ2v) is 3.93. The Morgan fingerprint density at radius 1 is 1.19 bits per heavy atom. The molecule has 0 heterocycles. The maximum absolute atomic E-state index is 10.8. The standard InChI is InChI=1S/C13H18O3/c14-10-9-12(13(15)16)8-4-7-11-5-2-1-3-6-11/h1-3,5-6,12,14H,4,7-10H2,(H,15,16). The minimum atomic E-state index is -0.804. The molecule has 3 heteroatoms. The number of benzene rings is 1. The minimum absolute atomic E-state index is 0.0533. The number of carbonyl (C=O) groups is 1. The third-order valence-electron chi connectivity index (χ3n) is 2.69. The summed E-state index contributed by atoms with van der Waals surface area (Å²) in [6.45, 7) is -0.0533. The summed E-state index contributed by atoms with van der Waals surface area (Å²) in [6, 6.07) is 10.0. The maximum Gasteiger partial charge on any atom is 0.306 e. The molecule has 0 aromatic heterocycles. The minimum Gasteiger partial charge on any atom is -0.481 e. The van der Waals surface area contributed by atoms with Crippen LogP contribution in [-0.4, -0.2) is 22.8 Å². The van der Waals surface area contributed by atoms with Gasteiger partial charge in [0.2, 0.25) is 0 Å². The van der Waals surface area contributed by atoms with Crippen molar-refractivity contribution in [3.05, 3.63) is 35.9 Å². The van der Waals surface area contributed by atoms with Crippen LogP contribution in [0.25, 0.3) is 0 Å². The molecule has 0 fully saturated rings. The molecule has 0 aliphatic rings. The molecule has 1 aromatic carbocycles. The van der Waals surface area contributed by atoms with Gasteiger partial charge in [0.25, 0.3) is 0 Å². The van der Waals surface area contributed by atoms with E-state index < -0.39 is 11.9 Å². The number of aryl methyl sites for hydroxylation is 1. The Kier molecular flexibility index (Phi) is 5.57. The van der Waals surface area contributed by atoms with Crippen molar-refractivity contribution < 1.29 is 15.0 Å². The molecule has 0 aliphatic heterocycles. The highest BCUT2D eigenvalue weighted by molar-refractivity contribution is 5.69. The molecule has 0 amide bonds. The van der Waals surface area contributed by atoms with E-state index in [2.05, 4.69) is 0 Å². The average molecular weight is 222 g/mol. The van der Waals surface area contributed by atoms with Crippen LogP contribution in [0.3, 0.4) is 0 Å². The molecule has 1 rings (SSSR count). The lowest BCUT2D eigenvalue weighted by molar-refractivity contribution is -0.142. The zero-order valence-electron chi connectivity index (χ0n) is 9.30. The first-order valence-electron chi connectivity index (χ1n) is 5.61. The van der Waals surface area contributed by atoms with Crippen LogP contribution in [0.1, 0.15) is 24.8 Å². The van der Waals surface area contributed by atoms with Gasteiger partial charge in [0.1, 0.15) is 0 Å². The van der Waals surface area contributed by atoms with Crippen molar-refractivity contribution in [2.75, 3.05) is 6.61 Å². The van der Waals surface area contributed by atoms with Crippen LogP contribution >= 0.6 is 0 Å². The van der Waals surface area contributed by atoms with Gasteiger partial charge < -0.3 is 10.2 Å². The van der Waals surface area contributed by atoms with Gasteiger partial charge in [-0.1, -0.05) is 30.3 Å². The number of carboxylic acids is 1. The smallest absolute Gasteiger partial charge is 0.306 e. The molecule has 16 heavy (non-hydrogen) atoms. The van der Waals surface area contributed by atoms with Crippen LogP contribution in [0, 0.1) is 5.92 Å². The van der Waals surface area contributed by atoms with Gasteiger partial charge in [0.05, 0.1) is 5.92 Å². The summed E-state index contributed by atoms with van der Waals surface area (Å²) in [5.74, 6) is -1.21. The molecule has 1 aromatic rings. The van der Waals surface area contributed by atoms with Gasteiger partial charge in [-0.3, -0.25) is 4.79 Å². The SMILES string of the molecule is O=C(O)C(CCO)CCCc1ccccc1. The Balaban J connectivity index is 2.31. The lowest BCUT2D eigenvalue weighted by atomic mass is 9.97. The maximum atomic E-state index is 10.8. The van der Waals surface area contributed by atoms with Crippen LogP contribution < -0.4 is 0 Å². The summed E-state index contributed by atoms with van der Waals surface area (Å²) in [5.41, 5.74) is 1.23. The monoisotopic (exact) mass is 222 g/mol. The summed E-state index contributed by atoms with van der Waals surface area (Å²) in [6.07, 6.45) is 2.73. The van der Waals surface area contributed by atoms with Gasteiger partial charge in [0.15, 0.2) is 0 Å². The molecule has 1 unspecified atom stereocenters. The lowest BCUT2D eigenvalue weighted by Crippen LogP contribution is -2.15. The Morgan fingerprint density at radius 2 is 1.88 bits per heavy atom. The van der Waals surface area contributed by atoms with E-state index >= 15 is 0 Å². The molecular formula is C13H18O3.